The van der Waals surface area contributed by atoms with Crippen LogP contribution in [0.3, 0.4) is 0 Å². The van der Waals surface area contributed by atoms with E-state index in [1.54, 1.807) is 17.7 Å². The molecule has 4 rings (SSSR count). The zero-order chi connectivity index (χ0) is 14.3. The Labute approximate surface area is 127 Å². The lowest BCUT2D eigenvalue weighted by Gasteiger charge is -2.32. The van der Waals surface area contributed by atoms with E-state index in [-0.39, 0.29) is 11.7 Å². The molecule has 6 heteroatoms. The van der Waals surface area contributed by atoms with Crippen LogP contribution in [0.4, 0.5) is 0 Å². The van der Waals surface area contributed by atoms with Crippen molar-refractivity contribution in [2.24, 2.45) is 0 Å². The molecule has 0 amide bonds. The highest BCUT2D eigenvalue weighted by Gasteiger charge is 2.42. The highest BCUT2D eigenvalue weighted by atomic mass is 32.1. The molecular formula is C15H19N3O2S. The Morgan fingerprint density at radius 3 is 3.10 bits per heavy atom. The number of nitrogens with one attached hydrogen (secondary N) is 1. The van der Waals surface area contributed by atoms with E-state index < -0.39 is 0 Å². The second kappa shape index (κ2) is 5.19. The number of thiophene rings is 1. The summed E-state index contributed by atoms with van der Waals surface area (Å²) in [5, 5.41) is 4.41. The number of hydrogen-bond acceptors (Lipinski definition) is 6. The van der Waals surface area contributed by atoms with Gasteiger partial charge in [0, 0.05) is 11.3 Å². The van der Waals surface area contributed by atoms with Crippen LogP contribution in [0.5, 0.6) is 5.88 Å². The largest absolute Gasteiger partial charge is 0.471 e. The van der Waals surface area contributed by atoms with E-state index in [9.17, 15) is 0 Å². The van der Waals surface area contributed by atoms with E-state index in [0.29, 0.717) is 12.5 Å². The monoisotopic (exact) mass is 305 g/mol. The minimum Gasteiger partial charge on any atom is -0.471 e. The Morgan fingerprint density at radius 1 is 1.38 bits per heavy atom. The highest BCUT2D eigenvalue weighted by molar-refractivity contribution is 7.18. The second-order valence-corrected chi connectivity index (χ2v) is 7.18. The maximum absolute atomic E-state index is 6.14. The molecule has 0 aromatic carbocycles. The van der Waals surface area contributed by atoms with Gasteiger partial charge in [-0.3, -0.25) is 0 Å². The van der Waals surface area contributed by atoms with Crippen molar-refractivity contribution in [3.63, 3.8) is 0 Å². The molecule has 2 aliphatic rings. The molecule has 4 heterocycles. The van der Waals surface area contributed by atoms with Gasteiger partial charge in [-0.25, -0.2) is 9.97 Å². The number of ether oxygens (including phenoxy) is 2. The van der Waals surface area contributed by atoms with Crippen molar-refractivity contribution < 1.29 is 9.47 Å². The number of piperidine rings is 1. The fourth-order valence-electron chi connectivity index (χ4n) is 3.32. The van der Waals surface area contributed by atoms with Crippen LogP contribution in [0, 0.1) is 6.92 Å². The fourth-order valence-corrected chi connectivity index (χ4v) is 4.15. The van der Waals surface area contributed by atoms with E-state index in [4.69, 9.17) is 9.47 Å². The Bertz CT molecular complexity index is 651. The summed E-state index contributed by atoms with van der Waals surface area (Å²) < 4.78 is 12.2. The summed E-state index contributed by atoms with van der Waals surface area (Å²) in [7, 11) is 0. The molecule has 0 saturated carbocycles. The van der Waals surface area contributed by atoms with Gasteiger partial charge in [0.1, 0.15) is 17.3 Å². The van der Waals surface area contributed by atoms with Gasteiger partial charge in [0.2, 0.25) is 5.88 Å². The van der Waals surface area contributed by atoms with Gasteiger partial charge in [-0.05, 0) is 38.9 Å². The SMILES string of the molecule is Cc1cc2c(OC3COC4(CCNCC4)C3)ncnc2s1. The molecular weight excluding hydrogens is 286 g/mol. The summed E-state index contributed by atoms with van der Waals surface area (Å²) >= 11 is 1.68. The molecule has 1 spiro atoms. The molecule has 5 nitrogen and oxygen atoms in total. The predicted octanol–water partition coefficient (Wildman–Crippen LogP) is 2.29. The molecule has 2 saturated heterocycles. The normalized spacial score (nSPS) is 24.7. The molecule has 2 aliphatic heterocycles. The van der Waals surface area contributed by atoms with Crippen molar-refractivity contribution in [3.05, 3.63) is 17.3 Å². The lowest BCUT2D eigenvalue weighted by atomic mass is 9.89. The maximum atomic E-state index is 6.14. The van der Waals surface area contributed by atoms with E-state index in [1.807, 2.05) is 0 Å². The Hall–Kier alpha value is -1.24. The van der Waals surface area contributed by atoms with Gasteiger partial charge in [0.05, 0.1) is 17.6 Å². The molecule has 112 valence electrons. The van der Waals surface area contributed by atoms with Crippen LogP contribution >= 0.6 is 11.3 Å². The number of hydrogen-bond donors (Lipinski definition) is 1. The molecule has 2 fully saturated rings. The third-order valence-corrected chi connectivity index (χ3v) is 5.34. The Morgan fingerprint density at radius 2 is 2.24 bits per heavy atom. The third kappa shape index (κ3) is 2.52. The van der Waals surface area contributed by atoms with Crippen LogP contribution in [0.2, 0.25) is 0 Å². The summed E-state index contributed by atoms with van der Waals surface area (Å²) in [6.45, 7) is 4.82. The average molecular weight is 305 g/mol. The number of fused-ring (bicyclic) bond motifs is 1. The summed E-state index contributed by atoms with van der Waals surface area (Å²) in [6, 6.07) is 2.10. The van der Waals surface area contributed by atoms with Gasteiger partial charge in [-0.1, -0.05) is 0 Å². The predicted molar refractivity (Wildman–Crippen MR) is 82.0 cm³/mol. The van der Waals surface area contributed by atoms with Gasteiger partial charge < -0.3 is 14.8 Å². The van der Waals surface area contributed by atoms with Crippen LogP contribution in [-0.4, -0.2) is 41.4 Å². The summed E-state index contributed by atoms with van der Waals surface area (Å²) in [5.74, 6) is 0.698. The van der Waals surface area contributed by atoms with Crippen LogP contribution in [0.15, 0.2) is 12.4 Å². The first-order valence-corrected chi connectivity index (χ1v) is 8.28. The topological polar surface area (TPSA) is 56.3 Å². The molecule has 21 heavy (non-hydrogen) atoms. The molecule has 0 radical (unpaired) electrons. The van der Waals surface area contributed by atoms with Gasteiger partial charge in [0.15, 0.2) is 0 Å². The second-order valence-electron chi connectivity index (χ2n) is 5.94. The standard InChI is InChI=1S/C15H19N3O2S/c1-10-6-12-13(17-9-18-14(12)21-10)20-11-7-15(19-8-11)2-4-16-5-3-15/h6,9,11,16H,2-5,7-8H2,1H3. The van der Waals surface area contributed by atoms with E-state index >= 15 is 0 Å². The van der Waals surface area contributed by atoms with E-state index in [0.717, 1.165) is 42.6 Å². The van der Waals surface area contributed by atoms with Crippen molar-refractivity contribution in [2.45, 2.75) is 37.9 Å². The number of nitrogens with zero attached hydrogens (tertiary/aromatic N) is 2. The average Bonchev–Trinajstić information content (AvgIpc) is 3.04. The zero-order valence-corrected chi connectivity index (χ0v) is 12.9. The van der Waals surface area contributed by atoms with Crippen LogP contribution in [0.25, 0.3) is 10.2 Å². The van der Waals surface area contributed by atoms with Crippen LogP contribution in [-0.2, 0) is 4.74 Å². The van der Waals surface area contributed by atoms with Gasteiger partial charge in [-0.2, -0.15) is 0 Å². The van der Waals surface area contributed by atoms with Crippen molar-refractivity contribution in [1.29, 1.82) is 0 Å². The Kier molecular flexibility index (Phi) is 3.32. The zero-order valence-electron chi connectivity index (χ0n) is 12.1. The van der Waals surface area contributed by atoms with Crippen molar-refractivity contribution >= 4 is 21.6 Å². The highest BCUT2D eigenvalue weighted by Crippen LogP contribution is 2.37. The van der Waals surface area contributed by atoms with E-state index in [2.05, 4.69) is 28.3 Å². The summed E-state index contributed by atoms with van der Waals surface area (Å²) in [5.41, 5.74) is 0.0205. The molecule has 0 aliphatic carbocycles. The van der Waals surface area contributed by atoms with Crippen molar-refractivity contribution in [2.75, 3.05) is 19.7 Å². The van der Waals surface area contributed by atoms with E-state index in [1.165, 1.54) is 4.88 Å². The first-order chi connectivity index (χ1) is 10.2. The maximum Gasteiger partial charge on any atom is 0.225 e. The number of aryl methyl sites for hydroxylation is 1. The summed E-state index contributed by atoms with van der Waals surface area (Å²) in [4.78, 5) is 10.9. The van der Waals surface area contributed by atoms with Crippen molar-refractivity contribution in [3.8, 4) is 5.88 Å². The lowest BCUT2D eigenvalue weighted by molar-refractivity contribution is -0.0205. The first-order valence-electron chi connectivity index (χ1n) is 7.47. The van der Waals surface area contributed by atoms with Crippen molar-refractivity contribution in [1.82, 2.24) is 15.3 Å². The molecule has 1 N–H and O–H groups in total. The summed E-state index contributed by atoms with van der Waals surface area (Å²) in [6.07, 6.45) is 4.79. The number of rotatable bonds is 2. The smallest absolute Gasteiger partial charge is 0.225 e. The van der Waals surface area contributed by atoms with Crippen LogP contribution in [0.1, 0.15) is 24.1 Å². The fraction of sp³-hybridized carbons (Fsp3) is 0.600. The minimum atomic E-state index is 0.0205. The first kappa shape index (κ1) is 13.4. The van der Waals surface area contributed by atoms with Gasteiger partial charge in [0.25, 0.3) is 0 Å². The molecule has 2 aromatic rings. The third-order valence-electron chi connectivity index (χ3n) is 4.38. The van der Waals surface area contributed by atoms with Gasteiger partial charge >= 0.3 is 0 Å². The molecule has 1 atom stereocenters. The quantitative estimate of drug-likeness (QED) is 0.922. The van der Waals surface area contributed by atoms with Gasteiger partial charge in [-0.15, -0.1) is 11.3 Å². The minimum absolute atomic E-state index is 0.0205. The Balaban J connectivity index is 1.53. The van der Waals surface area contributed by atoms with Crippen LogP contribution < -0.4 is 10.1 Å². The molecule has 1 unspecified atom stereocenters. The number of aromatic nitrogens is 2. The molecule has 0 bridgehead atoms. The molecule has 2 aromatic heterocycles. The lowest BCUT2D eigenvalue weighted by Crippen LogP contribution is -2.41.